The molecule has 0 aliphatic heterocycles. The van der Waals surface area contributed by atoms with Crippen LogP contribution in [0.15, 0.2) is 54.6 Å². The fraction of sp³-hybridized carbons (Fsp3) is 0.222. The lowest BCUT2D eigenvalue weighted by atomic mass is 10.0. The number of ether oxygens (including phenoxy) is 1. The molecule has 0 aliphatic carbocycles. The monoisotopic (exact) mass is 298 g/mol. The van der Waals surface area contributed by atoms with E-state index < -0.39 is 6.10 Å². The van der Waals surface area contributed by atoms with Crippen molar-refractivity contribution >= 4 is 33.3 Å². The average Bonchev–Trinajstić information content (AvgIpc) is 2.51. The van der Waals surface area contributed by atoms with Crippen LogP contribution in [0.2, 0.25) is 0 Å². The molecule has 0 bridgehead atoms. The second-order valence-corrected chi connectivity index (χ2v) is 5.98. The van der Waals surface area contributed by atoms with Crippen LogP contribution < -0.4 is 4.74 Å². The van der Waals surface area contributed by atoms with Crippen LogP contribution >= 0.6 is 11.8 Å². The molecule has 0 amide bonds. The summed E-state index contributed by atoms with van der Waals surface area (Å²) in [5.74, 6) is 1.55. The number of hydrogen-bond acceptors (Lipinski definition) is 3. The minimum atomic E-state index is -0.447. The van der Waals surface area contributed by atoms with E-state index in [0.717, 1.165) is 27.3 Å². The van der Waals surface area contributed by atoms with Crippen LogP contribution in [0.5, 0.6) is 5.75 Å². The van der Waals surface area contributed by atoms with Gasteiger partial charge in [0.15, 0.2) is 0 Å². The second-order valence-electron chi connectivity index (χ2n) is 5.07. The normalized spacial score (nSPS) is 12.7. The number of hydrogen-bond donors (Lipinski definition) is 1. The number of aliphatic hydroxyl groups excluding tert-OH is 1. The molecular weight excluding hydrogens is 280 g/mol. The first-order chi connectivity index (χ1) is 10.3. The van der Waals surface area contributed by atoms with Gasteiger partial charge in [-0.05, 0) is 23.1 Å². The number of thioether (sulfide) groups is 1. The van der Waals surface area contributed by atoms with E-state index in [0.29, 0.717) is 12.4 Å². The molecule has 1 atom stereocenters. The highest BCUT2D eigenvalue weighted by Crippen LogP contribution is 2.34. The van der Waals surface area contributed by atoms with Gasteiger partial charge in [0.25, 0.3) is 0 Å². The number of fused-ring (bicyclic) bond motifs is 2. The Labute approximate surface area is 128 Å². The largest absolute Gasteiger partial charge is 0.490 e. The summed E-state index contributed by atoms with van der Waals surface area (Å²) in [7, 11) is 0. The molecule has 2 nitrogen and oxygen atoms in total. The van der Waals surface area contributed by atoms with Crippen molar-refractivity contribution in [2.45, 2.75) is 6.10 Å². The third-order valence-electron chi connectivity index (χ3n) is 3.50. The summed E-state index contributed by atoms with van der Waals surface area (Å²) in [6.45, 7) is 0.318. The molecule has 0 spiro atoms. The van der Waals surface area contributed by atoms with Gasteiger partial charge in [0, 0.05) is 16.5 Å². The minimum absolute atomic E-state index is 0.318. The lowest BCUT2D eigenvalue weighted by Gasteiger charge is -2.15. The maximum atomic E-state index is 9.91. The van der Waals surface area contributed by atoms with Crippen molar-refractivity contribution in [3.8, 4) is 5.75 Å². The molecule has 3 aromatic rings. The molecule has 0 saturated heterocycles. The summed E-state index contributed by atoms with van der Waals surface area (Å²) in [5.41, 5.74) is 0. The third kappa shape index (κ3) is 2.99. The first-order valence-electron chi connectivity index (χ1n) is 7.00. The molecule has 21 heavy (non-hydrogen) atoms. The third-order valence-corrected chi connectivity index (χ3v) is 4.22. The average molecular weight is 298 g/mol. The Hall–Kier alpha value is -1.71. The number of aliphatic hydroxyl groups is 1. The maximum absolute atomic E-state index is 9.91. The van der Waals surface area contributed by atoms with Gasteiger partial charge in [-0.3, -0.25) is 0 Å². The molecule has 3 aromatic carbocycles. The molecule has 1 unspecified atom stereocenters. The molecule has 0 aliphatic rings. The van der Waals surface area contributed by atoms with E-state index >= 15 is 0 Å². The topological polar surface area (TPSA) is 29.5 Å². The second kappa shape index (κ2) is 6.37. The first kappa shape index (κ1) is 14.2. The summed E-state index contributed by atoms with van der Waals surface area (Å²) < 4.78 is 5.98. The molecule has 0 radical (unpaired) electrons. The Bertz CT molecular complexity index is 700. The smallest absolute Gasteiger partial charge is 0.135 e. The van der Waals surface area contributed by atoms with Gasteiger partial charge in [-0.1, -0.05) is 48.5 Å². The van der Waals surface area contributed by atoms with Crippen LogP contribution in [0, 0.1) is 0 Å². The molecule has 108 valence electrons. The van der Waals surface area contributed by atoms with Gasteiger partial charge in [-0.2, -0.15) is 11.8 Å². The highest BCUT2D eigenvalue weighted by atomic mass is 32.2. The van der Waals surface area contributed by atoms with Crippen molar-refractivity contribution in [2.24, 2.45) is 0 Å². The summed E-state index contributed by atoms with van der Waals surface area (Å²) in [6, 6.07) is 18.6. The van der Waals surface area contributed by atoms with Gasteiger partial charge in [-0.15, -0.1) is 0 Å². The Morgan fingerprint density at radius 2 is 1.57 bits per heavy atom. The summed E-state index contributed by atoms with van der Waals surface area (Å²) in [6.07, 6.45) is 1.54. The van der Waals surface area contributed by atoms with Crippen molar-refractivity contribution in [3.05, 3.63) is 54.6 Å². The van der Waals surface area contributed by atoms with Gasteiger partial charge >= 0.3 is 0 Å². The molecule has 0 heterocycles. The Morgan fingerprint density at radius 1 is 1.00 bits per heavy atom. The van der Waals surface area contributed by atoms with Gasteiger partial charge < -0.3 is 9.84 Å². The maximum Gasteiger partial charge on any atom is 0.135 e. The summed E-state index contributed by atoms with van der Waals surface area (Å²) >= 11 is 1.62. The van der Waals surface area contributed by atoms with Crippen molar-refractivity contribution in [1.29, 1.82) is 0 Å². The Kier molecular flexibility index (Phi) is 4.32. The fourth-order valence-corrected chi connectivity index (χ4v) is 3.03. The van der Waals surface area contributed by atoms with Crippen molar-refractivity contribution < 1.29 is 9.84 Å². The molecule has 3 heteroatoms. The summed E-state index contributed by atoms with van der Waals surface area (Å²) in [4.78, 5) is 0. The first-order valence-corrected chi connectivity index (χ1v) is 8.39. The predicted molar refractivity (Wildman–Crippen MR) is 91.3 cm³/mol. The van der Waals surface area contributed by atoms with Crippen LogP contribution in [0.3, 0.4) is 0 Å². The van der Waals surface area contributed by atoms with E-state index in [1.807, 2.05) is 30.5 Å². The lowest BCUT2D eigenvalue weighted by Crippen LogP contribution is -2.20. The van der Waals surface area contributed by atoms with E-state index in [1.165, 1.54) is 0 Å². The van der Waals surface area contributed by atoms with E-state index in [4.69, 9.17) is 4.74 Å². The van der Waals surface area contributed by atoms with E-state index in [-0.39, 0.29) is 0 Å². The van der Waals surface area contributed by atoms with Crippen LogP contribution in [0.1, 0.15) is 0 Å². The zero-order valence-corrected chi connectivity index (χ0v) is 12.8. The van der Waals surface area contributed by atoms with Crippen molar-refractivity contribution in [3.63, 3.8) is 0 Å². The zero-order valence-electron chi connectivity index (χ0n) is 12.0. The van der Waals surface area contributed by atoms with Gasteiger partial charge in [-0.25, -0.2) is 0 Å². The number of benzene rings is 3. The minimum Gasteiger partial charge on any atom is -0.490 e. The summed E-state index contributed by atoms with van der Waals surface area (Å²) in [5, 5.41) is 14.4. The van der Waals surface area contributed by atoms with Gasteiger partial charge in [0.2, 0.25) is 0 Å². The molecule has 0 fully saturated rings. The standard InChI is InChI=1S/C18H18O2S/c1-21-12-15(19)11-20-18-16-8-4-2-6-13(16)10-14-7-3-5-9-17(14)18/h2-10,15,19H,11-12H2,1H3. The predicted octanol–water partition coefficient (Wildman–Crippen LogP) is 4.10. The molecule has 3 rings (SSSR count). The van der Waals surface area contributed by atoms with Crippen LogP contribution in [-0.2, 0) is 0 Å². The van der Waals surface area contributed by atoms with E-state index in [2.05, 4.69) is 30.3 Å². The SMILES string of the molecule is CSCC(O)COc1c2ccccc2cc2ccccc12. The lowest BCUT2D eigenvalue weighted by molar-refractivity contribution is 0.128. The molecule has 1 N–H and O–H groups in total. The quantitative estimate of drug-likeness (QED) is 0.719. The number of rotatable bonds is 5. The molecular formula is C18H18O2S. The Balaban J connectivity index is 2.07. The van der Waals surface area contributed by atoms with Crippen LogP contribution in [0.25, 0.3) is 21.5 Å². The van der Waals surface area contributed by atoms with Crippen LogP contribution in [0.4, 0.5) is 0 Å². The van der Waals surface area contributed by atoms with Gasteiger partial charge in [0.05, 0.1) is 6.10 Å². The zero-order chi connectivity index (χ0) is 14.7. The highest BCUT2D eigenvalue weighted by molar-refractivity contribution is 7.98. The highest BCUT2D eigenvalue weighted by Gasteiger charge is 2.11. The molecule has 0 aromatic heterocycles. The van der Waals surface area contributed by atoms with E-state index in [1.54, 1.807) is 11.8 Å². The molecule has 0 saturated carbocycles. The van der Waals surface area contributed by atoms with Crippen molar-refractivity contribution in [1.82, 2.24) is 0 Å². The fourth-order valence-electron chi connectivity index (χ4n) is 2.55. The Morgan fingerprint density at radius 3 is 2.14 bits per heavy atom. The van der Waals surface area contributed by atoms with Crippen LogP contribution in [-0.4, -0.2) is 29.8 Å². The van der Waals surface area contributed by atoms with Gasteiger partial charge in [0.1, 0.15) is 12.4 Å². The van der Waals surface area contributed by atoms with Crippen molar-refractivity contribution in [2.75, 3.05) is 18.6 Å². The van der Waals surface area contributed by atoms with E-state index in [9.17, 15) is 5.11 Å².